The summed E-state index contributed by atoms with van der Waals surface area (Å²) in [6.07, 6.45) is 3.54. The molecule has 0 unspecified atom stereocenters. The summed E-state index contributed by atoms with van der Waals surface area (Å²) in [6.45, 7) is 7.29. The van der Waals surface area contributed by atoms with E-state index >= 15 is 0 Å². The number of likely N-dealkylation sites (tertiary alicyclic amines) is 1. The van der Waals surface area contributed by atoms with Crippen molar-refractivity contribution in [1.82, 2.24) is 20.9 Å². The number of unbranched alkanes of at least 4 members (excludes halogenated alkanes) is 1. The van der Waals surface area contributed by atoms with E-state index in [1.807, 2.05) is 68.4 Å². The van der Waals surface area contributed by atoms with Crippen LogP contribution in [0.25, 0.3) is 0 Å². The Kier molecular flexibility index (Phi) is 13.5. The number of nitrogens with zero attached hydrogens (tertiary/aromatic N) is 1. The van der Waals surface area contributed by atoms with Crippen LogP contribution in [0.2, 0.25) is 0 Å². The molecular weight excluding hydrogens is 546 g/mol. The van der Waals surface area contributed by atoms with Crippen LogP contribution in [0.1, 0.15) is 64.0 Å². The van der Waals surface area contributed by atoms with Gasteiger partial charge in [-0.1, -0.05) is 56.3 Å². The van der Waals surface area contributed by atoms with Crippen LogP contribution < -0.4 is 26.4 Å². The molecule has 1 heterocycles. The van der Waals surface area contributed by atoms with E-state index in [9.17, 15) is 19.2 Å². The Bertz CT molecular complexity index is 1190. The van der Waals surface area contributed by atoms with Gasteiger partial charge in [0.05, 0.1) is 0 Å². The van der Waals surface area contributed by atoms with Crippen molar-refractivity contribution in [2.24, 2.45) is 11.7 Å². The van der Waals surface area contributed by atoms with Crippen LogP contribution in [0.4, 0.5) is 0 Å². The van der Waals surface area contributed by atoms with Crippen molar-refractivity contribution in [2.75, 3.05) is 19.6 Å². The van der Waals surface area contributed by atoms with E-state index in [1.165, 1.54) is 6.92 Å². The molecule has 0 bridgehead atoms. The molecule has 1 saturated heterocycles. The van der Waals surface area contributed by atoms with Crippen LogP contribution >= 0.6 is 0 Å². The van der Waals surface area contributed by atoms with Crippen LogP contribution in [0.5, 0.6) is 5.75 Å². The Balaban J connectivity index is 1.66. The van der Waals surface area contributed by atoms with Gasteiger partial charge in [-0.15, -0.1) is 0 Å². The van der Waals surface area contributed by atoms with E-state index in [4.69, 9.17) is 10.5 Å². The van der Waals surface area contributed by atoms with Crippen molar-refractivity contribution in [2.45, 2.75) is 84.0 Å². The van der Waals surface area contributed by atoms with Crippen LogP contribution in [-0.2, 0) is 32.2 Å². The third-order valence-electron chi connectivity index (χ3n) is 7.40. The van der Waals surface area contributed by atoms with Gasteiger partial charge in [-0.3, -0.25) is 19.2 Å². The zero-order chi connectivity index (χ0) is 31.2. The number of amides is 4. The maximum Gasteiger partial charge on any atom is 0.245 e. The van der Waals surface area contributed by atoms with Gasteiger partial charge in [0.2, 0.25) is 23.6 Å². The second-order valence-electron chi connectivity index (χ2n) is 11.5. The summed E-state index contributed by atoms with van der Waals surface area (Å²) in [5.41, 5.74) is 7.43. The summed E-state index contributed by atoms with van der Waals surface area (Å²) in [5, 5.41) is 8.56. The van der Waals surface area contributed by atoms with Gasteiger partial charge in [0, 0.05) is 26.4 Å². The minimum absolute atomic E-state index is 0.114. The van der Waals surface area contributed by atoms with E-state index in [0.717, 1.165) is 24.0 Å². The topological polar surface area (TPSA) is 143 Å². The highest BCUT2D eigenvalue weighted by atomic mass is 16.5. The minimum Gasteiger partial charge on any atom is -0.489 e. The standard InChI is InChI=1S/C33H47N5O5/c1-23(2)20-29(33(42)38-19-9-12-30(38)32(41)35-18-8-7-17-34)37-31(40)28(36-24(3)39)21-25-13-15-27(16-14-25)43-22-26-10-5-4-6-11-26/h4-6,10-11,13-16,23,28-30H,7-9,12,17-22,34H2,1-3H3,(H,35,41)(H,36,39)(H,37,40)/t28-,29-,30-/m0/s1. The molecular formula is C33H47N5O5. The average molecular weight is 594 g/mol. The van der Waals surface area contributed by atoms with Crippen molar-refractivity contribution < 1.29 is 23.9 Å². The van der Waals surface area contributed by atoms with Gasteiger partial charge in [-0.2, -0.15) is 0 Å². The van der Waals surface area contributed by atoms with Crippen LogP contribution in [0.15, 0.2) is 54.6 Å². The molecule has 2 aromatic rings. The van der Waals surface area contributed by atoms with Crippen molar-refractivity contribution in [3.05, 3.63) is 65.7 Å². The third-order valence-corrected chi connectivity index (χ3v) is 7.40. The molecule has 5 N–H and O–H groups in total. The lowest BCUT2D eigenvalue weighted by Crippen LogP contribution is -2.57. The third kappa shape index (κ3) is 11.0. The highest BCUT2D eigenvalue weighted by molar-refractivity contribution is 5.94. The van der Waals surface area contributed by atoms with Gasteiger partial charge < -0.3 is 31.3 Å². The second-order valence-corrected chi connectivity index (χ2v) is 11.5. The maximum absolute atomic E-state index is 13.7. The molecule has 0 spiro atoms. The molecule has 1 aliphatic rings. The lowest BCUT2D eigenvalue weighted by atomic mass is 10.00. The molecule has 0 saturated carbocycles. The smallest absolute Gasteiger partial charge is 0.245 e. The van der Waals surface area contributed by atoms with Crippen molar-refractivity contribution in [1.29, 1.82) is 0 Å². The summed E-state index contributed by atoms with van der Waals surface area (Å²) >= 11 is 0. The highest BCUT2D eigenvalue weighted by Gasteiger charge is 2.38. The predicted molar refractivity (Wildman–Crippen MR) is 166 cm³/mol. The molecule has 2 aromatic carbocycles. The second kappa shape index (κ2) is 17.3. The molecule has 4 amide bonds. The molecule has 3 atom stereocenters. The number of carbonyl (C=O) groups excluding carboxylic acids is 4. The van der Waals surface area contributed by atoms with Gasteiger partial charge in [0.1, 0.15) is 30.5 Å². The number of benzene rings is 2. The van der Waals surface area contributed by atoms with Crippen LogP contribution in [0, 0.1) is 5.92 Å². The highest BCUT2D eigenvalue weighted by Crippen LogP contribution is 2.21. The fourth-order valence-electron chi connectivity index (χ4n) is 5.22. The lowest BCUT2D eigenvalue weighted by molar-refractivity contribution is -0.142. The first-order valence-corrected chi connectivity index (χ1v) is 15.3. The molecule has 1 aliphatic heterocycles. The lowest BCUT2D eigenvalue weighted by Gasteiger charge is -2.30. The van der Waals surface area contributed by atoms with Crippen molar-refractivity contribution in [3.8, 4) is 5.75 Å². The quantitative estimate of drug-likeness (QED) is 0.221. The molecule has 0 radical (unpaired) electrons. The minimum atomic E-state index is -0.878. The van der Waals surface area contributed by atoms with Gasteiger partial charge >= 0.3 is 0 Å². The van der Waals surface area contributed by atoms with E-state index in [2.05, 4.69) is 16.0 Å². The largest absolute Gasteiger partial charge is 0.489 e. The predicted octanol–water partition coefficient (Wildman–Crippen LogP) is 2.69. The Hall–Kier alpha value is -3.92. The van der Waals surface area contributed by atoms with E-state index < -0.39 is 24.0 Å². The summed E-state index contributed by atoms with van der Waals surface area (Å²) in [4.78, 5) is 53.8. The van der Waals surface area contributed by atoms with Gasteiger partial charge in [0.15, 0.2) is 0 Å². The number of rotatable bonds is 16. The van der Waals surface area contributed by atoms with Gasteiger partial charge in [-0.05, 0) is 67.8 Å². The van der Waals surface area contributed by atoms with E-state index in [0.29, 0.717) is 51.3 Å². The Morgan fingerprint density at radius 3 is 2.33 bits per heavy atom. The molecule has 0 aliphatic carbocycles. The first-order chi connectivity index (χ1) is 20.7. The Morgan fingerprint density at radius 1 is 0.953 bits per heavy atom. The first kappa shape index (κ1) is 33.6. The number of hydrogen-bond donors (Lipinski definition) is 4. The summed E-state index contributed by atoms with van der Waals surface area (Å²) in [5.74, 6) is -0.434. The normalized spacial score (nSPS) is 15.9. The zero-order valence-corrected chi connectivity index (χ0v) is 25.6. The first-order valence-electron chi connectivity index (χ1n) is 15.3. The summed E-state index contributed by atoms with van der Waals surface area (Å²) < 4.78 is 5.86. The Labute approximate surface area is 255 Å². The van der Waals surface area contributed by atoms with Gasteiger partial charge in [-0.25, -0.2) is 0 Å². The Morgan fingerprint density at radius 2 is 1.67 bits per heavy atom. The SMILES string of the molecule is CC(=O)N[C@@H](Cc1ccc(OCc2ccccc2)cc1)C(=O)N[C@@H](CC(C)C)C(=O)N1CCC[C@H]1C(=O)NCCCCN. The zero-order valence-electron chi connectivity index (χ0n) is 25.6. The molecule has 10 nitrogen and oxygen atoms in total. The van der Waals surface area contributed by atoms with Gasteiger partial charge in [0.25, 0.3) is 0 Å². The van der Waals surface area contributed by atoms with Crippen molar-refractivity contribution in [3.63, 3.8) is 0 Å². The molecule has 1 fully saturated rings. The fraction of sp³-hybridized carbons (Fsp3) is 0.515. The summed E-state index contributed by atoms with van der Waals surface area (Å²) in [7, 11) is 0. The van der Waals surface area contributed by atoms with Crippen LogP contribution in [-0.4, -0.2) is 66.3 Å². The van der Waals surface area contributed by atoms with E-state index in [-0.39, 0.29) is 30.1 Å². The van der Waals surface area contributed by atoms with Crippen LogP contribution in [0.3, 0.4) is 0 Å². The number of ether oxygens (including phenoxy) is 1. The molecule has 3 rings (SSSR count). The average Bonchev–Trinajstić information content (AvgIpc) is 3.48. The molecule has 234 valence electrons. The molecule has 10 heteroatoms. The number of carbonyl (C=O) groups is 4. The molecule has 43 heavy (non-hydrogen) atoms. The maximum atomic E-state index is 13.7. The fourth-order valence-corrected chi connectivity index (χ4v) is 5.22. The number of hydrogen-bond acceptors (Lipinski definition) is 6. The molecule has 0 aromatic heterocycles. The number of nitrogens with one attached hydrogen (secondary N) is 3. The van der Waals surface area contributed by atoms with Crippen molar-refractivity contribution >= 4 is 23.6 Å². The monoisotopic (exact) mass is 593 g/mol. The number of nitrogens with two attached hydrogens (primary N) is 1. The summed E-state index contributed by atoms with van der Waals surface area (Å²) in [6, 6.07) is 15.0. The van der Waals surface area contributed by atoms with E-state index in [1.54, 1.807) is 4.90 Å².